The number of aliphatic hydroxyl groups is 1. The molecule has 0 bridgehead atoms. The predicted octanol–water partition coefficient (Wildman–Crippen LogP) is 0.398. The molecule has 0 radical (unpaired) electrons. The van der Waals surface area contributed by atoms with Gasteiger partial charge in [-0.05, 0) is 13.8 Å². The summed E-state index contributed by atoms with van der Waals surface area (Å²) < 4.78 is 14.7. The summed E-state index contributed by atoms with van der Waals surface area (Å²) in [4.78, 5) is 0. The quantitative estimate of drug-likeness (QED) is 0.525. The second-order valence-electron chi connectivity index (χ2n) is 1.09. The predicted molar refractivity (Wildman–Crippen MR) is 26.1 cm³/mol. The molecule has 8 heavy (non-hydrogen) atoms. The Labute approximate surface area is 65.6 Å². The van der Waals surface area contributed by atoms with E-state index in [-0.39, 0.29) is 6.10 Å². The first-order valence-corrected chi connectivity index (χ1v) is 2.76. The number of halogens is 1. The zero-order valence-corrected chi connectivity index (χ0v) is 7.08. The summed E-state index contributed by atoms with van der Waals surface area (Å²) in [5, 5.41) is 8.06. The Morgan fingerprint density at radius 3 is 1.38 bits per heavy atom. The summed E-state index contributed by atoms with van der Waals surface area (Å²) in [7, 11) is 0. The van der Waals surface area contributed by atoms with Crippen LogP contribution in [0, 0.1) is 0 Å². The van der Waals surface area contributed by atoms with Crippen molar-refractivity contribution >= 4 is 11.9 Å². The molecular weight excluding hydrogens is 167 g/mol. The van der Waals surface area contributed by atoms with Crippen molar-refractivity contribution in [3.8, 4) is 0 Å². The molecule has 0 aromatic rings. The van der Waals surface area contributed by atoms with Gasteiger partial charge in [-0.15, -0.1) is 0 Å². The van der Waals surface area contributed by atoms with Crippen molar-refractivity contribution in [2.75, 3.05) is 0 Å². The molecule has 5 heteroatoms. The fourth-order valence-electron chi connectivity index (χ4n) is 0. The van der Waals surface area contributed by atoms with Crippen molar-refractivity contribution in [2.45, 2.75) is 20.0 Å². The summed E-state index contributed by atoms with van der Waals surface area (Å²) in [6, 6.07) is 0. The molecule has 0 amide bonds. The van der Waals surface area contributed by atoms with Crippen LogP contribution in [0.4, 0.5) is 0 Å². The van der Waals surface area contributed by atoms with Crippen molar-refractivity contribution in [1.82, 2.24) is 0 Å². The van der Waals surface area contributed by atoms with E-state index in [1.165, 1.54) is 0 Å². The van der Waals surface area contributed by atoms with Crippen LogP contribution in [0.15, 0.2) is 0 Å². The zero-order chi connectivity index (χ0) is 7.58. The van der Waals surface area contributed by atoms with Gasteiger partial charge in [0, 0.05) is 6.10 Å². The van der Waals surface area contributed by atoms with Gasteiger partial charge >= 0.3 is 23.7 Å². The Morgan fingerprint density at radius 1 is 1.38 bits per heavy atom. The summed E-state index contributed by atoms with van der Waals surface area (Å²) in [6.45, 7) is 3.44. The van der Waals surface area contributed by atoms with Crippen molar-refractivity contribution in [1.29, 1.82) is 0 Å². The summed E-state index contributed by atoms with van der Waals surface area (Å²) in [5.41, 5.74) is 0. The van der Waals surface area contributed by atoms with Gasteiger partial charge in [0.05, 0.1) is 11.9 Å². The van der Waals surface area contributed by atoms with Gasteiger partial charge in [0.15, 0.2) is 0 Å². The minimum absolute atomic E-state index is 0.167. The Hall–Kier alpha value is 0.724. The molecule has 0 spiro atoms. The van der Waals surface area contributed by atoms with Gasteiger partial charge in [-0.25, -0.2) is 0 Å². The minimum atomic E-state index is -0.167. The van der Waals surface area contributed by atoms with Gasteiger partial charge in [0.25, 0.3) is 0 Å². The van der Waals surface area contributed by atoms with Gasteiger partial charge in [0.2, 0.25) is 0 Å². The maximum atomic E-state index is 8.25. The molecule has 0 rings (SSSR count). The third-order valence-electron chi connectivity index (χ3n) is 0. The van der Waals surface area contributed by atoms with E-state index in [2.05, 4.69) is 11.9 Å². The van der Waals surface area contributed by atoms with E-state index >= 15 is 0 Å². The van der Waals surface area contributed by atoms with Crippen LogP contribution >= 0.6 is 11.9 Å². The van der Waals surface area contributed by atoms with Crippen molar-refractivity contribution in [3.05, 3.63) is 0 Å². The fourth-order valence-corrected chi connectivity index (χ4v) is 0. The number of aliphatic hydroxyl groups excluding tert-OH is 1. The summed E-state index contributed by atoms with van der Waals surface area (Å²) in [5.74, 6) is 0. The molecular formula is C3H9ClO3Ti. The summed E-state index contributed by atoms with van der Waals surface area (Å²) >= 11 is 4.39. The van der Waals surface area contributed by atoms with E-state index in [0.717, 1.165) is 20.4 Å². The van der Waals surface area contributed by atoms with Gasteiger partial charge < -0.3 is 5.11 Å². The molecule has 3 nitrogen and oxygen atoms in total. The molecule has 0 aliphatic rings. The van der Waals surface area contributed by atoms with Crippen LogP contribution in [0.1, 0.15) is 13.8 Å². The summed E-state index contributed by atoms with van der Waals surface area (Å²) in [6.07, 6.45) is -0.167. The van der Waals surface area contributed by atoms with Gasteiger partial charge in [-0.3, -0.25) is 4.66 Å². The molecule has 0 saturated carbocycles. The third-order valence-corrected chi connectivity index (χ3v) is 0. The molecule has 0 unspecified atom stereocenters. The van der Waals surface area contributed by atoms with Gasteiger partial charge in [-0.2, -0.15) is 0 Å². The molecule has 50 valence electrons. The molecule has 0 fully saturated rings. The van der Waals surface area contributed by atoms with Crippen LogP contribution in [-0.2, 0) is 23.7 Å². The van der Waals surface area contributed by atoms with E-state index < -0.39 is 0 Å². The average Bonchev–Trinajstić information content (AvgIpc) is 1.75. The van der Waals surface area contributed by atoms with Crippen LogP contribution < -0.4 is 0 Å². The topological polar surface area (TPSA) is 57.5 Å². The van der Waals surface area contributed by atoms with Crippen LogP contribution in [0.3, 0.4) is 0 Å². The molecule has 0 atom stereocenters. The first-order chi connectivity index (χ1) is 3.73. The number of rotatable bonds is 0. The van der Waals surface area contributed by atoms with Crippen LogP contribution in [0.2, 0.25) is 0 Å². The standard InChI is InChI=1S/C3H8O.ClHO.O.Ti/c1-3(2)4;1-2;;/h3-4H,1-2H3;2H;;. The van der Waals surface area contributed by atoms with Crippen LogP contribution in [0.25, 0.3) is 0 Å². The molecule has 0 aromatic heterocycles. The Bertz CT molecular complexity index is 25.7. The monoisotopic (exact) mass is 176 g/mol. The molecule has 2 N–H and O–H groups in total. The normalized spacial score (nSPS) is 5.62. The van der Waals surface area contributed by atoms with Gasteiger partial charge in [-0.1, -0.05) is 0 Å². The Balaban J connectivity index is -0.0000000542. The average molecular weight is 176 g/mol. The van der Waals surface area contributed by atoms with E-state index in [1.807, 2.05) is 0 Å². The maximum absolute atomic E-state index is 8.25. The van der Waals surface area contributed by atoms with Crippen LogP contribution in [0.5, 0.6) is 0 Å². The van der Waals surface area contributed by atoms with E-state index in [0.29, 0.717) is 0 Å². The SMILES string of the molecule is CC(C)O.OCl.[O]=[Ti]. The Morgan fingerprint density at radius 2 is 1.38 bits per heavy atom. The zero-order valence-electron chi connectivity index (χ0n) is 4.76. The first-order valence-electron chi connectivity index (χ1n) is 1.79. The number of hydrogen-bond acceptors (Lipinski definition) is 3. The second kappa shape index (κ2) is 25.2. The van der Waals surface area contributed by atoms with E-state index in [1.54, 1.807) is 13.8 Å². The molecule has 0 aromatic carbocycles. The van der Waals surface area contributed by atoms with E-state index in [9.17, 15) is 0 Å². The second-order valence-corrected chi connectivity index (χ2v) is 1.09. The third kappa shape index (κ3) is 420. The number of hydrogen-bond donors (Lipinski definition) is 2. The van der Waals surface area contributed by atoms with E-state index in [4.69, 9.17) is 13.1 Å². The molecule has 0 aliphatic carbocycles. The molecule has 0 heterocycles. The van der Waals surface area contributed by atoms with Gasteiger partial charge in [0.1, 0.15) is 0 Å². The van der Waals surface area contributed by atoms with Crippen molar-refractivity contribution < 1.29 is 33.5 Å². The fraction of sp³-hybridized carbons (Fsp3) is 1.00. The molecule has 0 saturated heterocycles. The first kappa shape index (κ1) is 15.9. The Kier molecular flexibility index (Phi) is 50.0. The van der Waals surface area contributed by atoms with Crippen molar-refractivity contribution in [3.63, 3.8) is 0 Å². The molecule has 0 aliphatic heterocycles. The van der Waals surface area contributed by atoms with Crippen LogP contribution in [-0.4, -0.2) is 15.9 Å². The van der Waals surface area contributed by atoms with Crippen molar-refractivity contribution in [2.24, 2.45) is 0 Å².